The van der Waals surface area contributed by atoms with Gasteiger partial charge in [-0.1, -0.05) is 23.2 Å². The van der Waals surface area contributed by atoms with Crippen molar-refractivity contribution >= 4 is 48.7 Å². The molecule has 0 heterocycles. The highest BCUT2D eigenvalue weighted by molar-refractivity contribution is 8.08. The van der Waals surface area contributed by atoms with Crippen LogP contribution in [0.1, 0.15) is 0 Å². The molecule has 1 aromatic rings. The van der Waals surface area contributed by atoms with Crippen LogP contribution in [0.5, 0.6) is 5.75 Å². The lowest BCUT2D eigenvalue weighted by molar-refractivity contribution is 0.476. The number of hydrogen-bond acceptors (Lipinski definition) is 5. The van der Waals surface area contributed by atoms with Gasteiger partial charge in [-0.05, 0) is 12.1 Å². The summed E-state index contributed by atoms with van der Waals surface area (Å²) in [6.07, 6.45) is 0.795. The minimum atomic E-state index is -4.08. The molecule has 18 heavy (non-hydrogen) atoms. The van der Waals surface area contributed by atoms with Gasteiger partial charge >= 0.3 is 0 Å². The van der Waals surface area contributed by atoms with Crippen LogP contribution in [-0.2, 0) is 19.9 Å². The van der Waals surface area contributed by atoms with Crippen molar-refractivity contribution in [2.45, 2.75) is 0 Å². The Morgan fingerprint density at radius 3 is 2.00 bits per heavy atom. The summed E-state index contributed by atoms with van der Waals surface area (Å²) in [7, 11) is -7.77. The second kappa shape index (κ2) is 5.12. The second-order valence-corrected chi connectivity index (χ2v) is 8.59. The Morgan fingerprint density at radius 2 is 1.61 bits per heavy atom. The minimum absolute atomic E-state index is 0.0357. The molecule has 0 amide bonds. The molecule has 0 unspecified atom stereocenters. The lowest BCUT2D eigenvalue weighted by Crippen LogP contribution is -2.22. The molecule has 0 radical (unpaired) electrons. The van der Waals surface area contributed by atoms with Crippen LogP contribution in [0.15, 0.2) is 12.1 Å². The van der Waals surface area contributed by atoms with E-state index in [1.807, 2.05) is 4.72 Å². The molecule has 0 saturated heterocycles. The Labute approximate surface area is 114 Å². The number of hydrogen-bond donors (Lipinski definition) is 2. The molecule has 0 aliphatic heterocycles. The van der Waals surface area contributed by atoms with Crippen molar-refractivity contribution < 1.29 is 21.9 Å². The van der Waals surface area contributed by atoms with Crippen LogP contribution in [0.2, 0.25) is 10.0 Å². The van der Waals surface area contributed by atoms with Crippen molar-refractivity contribution in [3.05, 3.63) is 22.2 Å². The van der Waals surface area contributed by atoms with E-state index < -0.39 is 24.9 Å². The molecule has 6 nitrogen and oxygen atoms in total. The molecule has 0 atom stereocenters. The molecule has 2 N–H and O–H groups in total. The maximum absolute atomic E-state index is 11.5. The van der Waals surface area contributed by atoms with Crippen LogP contribution in [0, 0.1) is 0 Å². The first-order valence-electron chi connectivity index (χ1n) is 4.36. The lowest BCUT2D eigenvalue weighted by atomic mass is 10.3. The summed E-state index contributed by atoms with van der Waals surface area (Å²) < 4.78 is 46.8. The molecule has 0 fully saturated rings. The number of rotatable bonds is 4. The molecule has 0 aromatic heterocycles. The van der Waals surface area contributed by atoms with Crippen molar-refractivity contribution in [2.75, 3.05) is 16.1 Å². The first kappa shape index (κ1) is 15.4. The first-order chi connectivity index (χ1) is 8.00. The summed E-state index contributed by atoms with van der Waals surface area (Å²) in [5.74, 6) is -0.385. The normalized spacial score (nSPS) is 12.4. The standard InChI is InChI=1S/C8H9Cl2NO5S2/c1-17(13,14)4-18(15,16)11-5-2-6(9)8(12)7(10)3-5/h2-3,11-12H,4H2,1H3. The number of sulfonamides is 1. The highest BCUT2D eigenvalue weighted by Crippen LogP contribution is 2.34. The van der Waals surface area contributed by atoms with E-state index in [1.165, 1.54) is 0 Å². The number of aromatic hydroxyl groups is 1. The van der Waals surface area contributed by atoms with E-state index in [1.54, 1.807) is 0 Å². The highest BCUT2D eigenvalue weighted by atomic mass is 35.5. The number of anilines is 1. The Hall–Kier alpha value is -0.700. The number of sulfone groups is 1. The third-order valence-corrected chi connectivity index (χ3v) is 5.74. The first-order valence-corrected chi connectivity index (χ1v) is 8.83. The van der Waals surface area contributed by atoms with E-state index in [9.17, 15) is 21.9 Å². The summed E-state index contributed by atoms with van der Waals surface area (Å²) in [5.41, 5.74) is -0.0357. The van der Waals surface area contributed by atoms with E-state index in [0.717, 1.165) is 18.4 Å². The predicted molar refractivity (Wildman–Crippen MR) is 70.4 cm³/mol. The van der Waals surface area contributed by atoms with Gasteiger partial charge in [0.15, 0.2) is 20.7 Å². The molecule has 0 aliphatic rings. The van der Waals surface area contributed by atoms with Gasteiger partial charge in [0.05, 0.1) is 15.7 Å². The number of phenols is 1. The summed E-state index contributed by atoms with van der Waals surface area (Å²) in [5, 5.41) is 7.91. The van der Waals surface area contributed by atoms with Crippen LogP contribution in [0.3, 0.4) is 0 Å². The molecule has 0 aliphatic carbocycles. The van der Waals surface area contributed by atoms with Crippen LogP contribution in [0.4, 0.5) is 5.69 Å². The largest absolute Gasteiger partial charge is 0.505 e. The fourth-order valence-electron chi connectivity index (χ4n) is 1.12. The fourth-order valence-corrected chi connectivity index (χ4v) is 4.57. The van der Waals surface area contributed by atoms with E-state index >= 15 is 0 Å². The molecule has 1 rings (SSSR count). The van der Waals surface area contributed by atoms with Gasteiger partial charge < -0.3 is 5.11 Å². The zero-order valence-electron chi connectivity index (χ0n) is 9.01. The Kier molecular flexibility index (Phi) is 4.37. The van der Waals surface area contributed by atoms with Crippen LogP contribution < -0.4 is 4.72 Å². The van der Waals surface area contributed by atoms with Crippen molar-refractivity contribution in [3.63, 3.8) is 0 Å². The van der Waals surface area contributed by atoms with Crippen LogP contribution in [-0.4, -0.2) is 33.3 Å². The second-order valence-electron chi connectivity index (χ2n) is 3.55. The molecule has 0 bridgehead atoms. The van der Waals surface area contributed by atoms with Gasteiger partial charge in [0.25, 0.3) is 0 Å². The number of nitrogens with one attached hydrogen (secondary N) is 1. The lowest BCUT2D eigenvalue weighted by Gasteiger charge is -2.09. The van der Waals surface area contributed by atoms with Crippen molar-refractivity contribution in [3.8, 4) is 5.75 Å². The molecule has 102 valence electrons. The van der Waals surface area contributed by atoms with Crippen LogP contribution >= 0.6 is 23.2 Å². The van der Waals surface area contributed by atoms with E-state index in [2.05, 4.69) is 0 Å². The van der Waals surface area contributed by atoms with Gasteiger partial charge in [0.2, 0.25) is 10.0 Å². The van der Waals surface area contributed by atoms with E-state index in [-0.39, 0.29) is 21.5 Å². The average molecular weight is 334 g/mol. The zero-order valence-corrected chi connectivity index (χ0v) is 12.2. The van der Waals surface area contributed by atoms with Gasteiger partial charge in [-0.15, -0.1) is 0 Å². The maximum Gasteiger partial charge on any atom is 0.247 e. The fraction of sp³-hybridized carbons (Fsp3) is 0.250. The summed E-state index contributed by atoms with van der Waals surface area (Å²) in [6.45, 7) is 0. The van der Waals surface area contributed by atoms with Gasteiger partial charge in [-0.3, -0.25) is 4.72 Å². The molecule has 0 spiro atoms. The van der Waals surface area contributed by atoms with Gasteiger partial charge in [-0.2, -0.15) is 0 Å². The third kappa shape index (κ3) is 4.52. The maximum atomic E-state index is 11.5. The van der Waals surface area contributed by atoms with Crippen molar-refractivity contribution in [1.82, 2.24) is 0 Å². The number of phenolic OH excluding ortho intramolecular Hbond substituents is 1. The Bertz CT molecular complexity index is 646. The van der Waals surface area contributed by atoms with Gasteiger partial charge in [-0.25, -0.2) is 16.8 Å². The summed E-state index contributed by atoms with van der Waals surface area (Å²) in [6, 6.07) is 2.23. The van der Waals surface area contributed by atoms with Crippen LogP contribution in [0.25, 0.3) is 0 Å². The minimum Gasteiger partial charge on any atom is -0.505 e. The monoisotopic (exact) mass is 333 g/mol. The predicted octanol–water partition coefficient (Wildman–Crippen LogP) is 1.44. The number of halogens is 2. The zero-order chi connectivity index (χ0) is 14.1. The Morgan fingerprint density at radius 1 is 1.17 bits per heavy atom. The Balaban J connectivity index is 3.06. The van der Waals surface area contributed by atoms with Gasteiger partial charge in [0.1, 0.15) is 0 Å². The molecule has 0 saturated carbocycles. The summed E-state index contributed by atoms with van der Waals surface area (Å²) >= 11 is 11.2. The van der Waals surface area contributed by atoms with Gasteiger partial charge in [0, 0.05) is 6.26 Å². The highest BCUT2D eigenvalue weighted by Gasteiger charge is 2.19. The van der Waals surface area contributed by atoms with Crippen molar-refractivity contribution in [2.24, 2.45) is 0 Å². The SMILES string of the molecule is CS(=O)(=O)CS(=O)(=O)Nc1cc(Cl)c(O)c(Cl)c1. The third-order valence-electron chi connectivity index (χ3n) is 1.66. The van der Waals surface area contributed by atoms with Crippen molar-refractivity contribution in [1.29, 1.82) is 0 Å². The quantitative estimate of drug-likeness (QED) is 0.812. The topological polar surface area (TPSA) is 101 Å². The molecular formula is C8H9Cl2NO5S2. The molecule has 1 aromatic carbocycles. The smallest absolute Gasteiger partial charge is 0.247 e. The molecular weight excluding hydrogens is 325 g/mol. The van der Waals surface area contributed by atoms with E-state index in [4.69, 9.17) is 23.2 Å². The average Bonchev–Trinajstić information content (AvgIpc) is 2.08. The molecule has 10 heteroatoms. The summed E-state index contributed by atoms with van der Waals surface area (Å²) in [4.78, 5) is 0. The number of benzene rings is 1. The van der Waals surface area contributed by atoms with E-state index in [0.29, 0.717) is 0 Å².